The van der Waals surface area contributed by atoms with Crippen molar-refractivity contribution in [2.24, 2.45) is 0 Å². The molecule has 1 aromatic heterocycles. The van der Waals surface area contributed by atoms with Crippen molar-refractivity contribution >= 4 is 11.6 Å². The molecule has 2 aromatic rings. The number of nitrogens with one attached hydrogen (secondary N) is 1. The van der Waals surface area contributed by atoms with E-state index in [4.69, 9.17) is 11.6 Å². The molecule has 2 rings (SSSR count). The van der Waals surface area contributed by atoms with E-state index in [-0.39, 0.29) is 6.04 Å². The largest absolute Gasteiger partial charge is 0.310 e. The Balaban J connectivity index is 1.75. The lowest BCUT2D eigenvalue weighted by Gasteiger charge is -2.15. The SMILES string of the molecule is CC(NCCCn1ccnn1)c1ccccc1Cl. The van der Waals surface area contributed by atoms with Gasteiger partial charge in [0.25, 0.3) is 0 Å². The maximum atomic E-state index is 6.15. The minimum absolute atomic E-state index is 0.259. The lowest BCUT2D eigenvalue weighted by atomic mass is 10.1. The molecule has 0 saturated carbocycles. The van der Waals surface area contributed by atoms with E-state index in [9.17, 15) is 0 Å². The molecular formula is C13H17ClN4. The summed E-state index contributed by atoms with van der Waals surface area (Å²) in [5.41, 5.74) is 1.14. The highest BCUT2D eigenvalue weighted by Crippen LogP contribution is 2.21. The van der Waals surface area contributed by atoms with Crippen LogP contribution in [0.3, 0.4) is 0 Å². The third kappa shape index (κ3) is 3.55. The zero-order valence-electron chi connectivity index (χ0n) is 10.4. The van der Waals surface area contributed by atoms with E-state index in [0.717, 1.165) is 30.1 Å². The summed E-state index contributed by atoms with van der Waals surface area (Å²) in [6, 6.07) is 8.19. The van der Waals surface area contributed by atoms with Crippen LogP contribution in [-0.2, 0) is 6.54 Å². The van der Waals surface area contributed by atoms with Crippen LogP contribution in [0.25, 0.3) is 0 Å². The minimum Gasteiger partial charge on any atom is -0.310 e. The lowest BCUT2D eigenvalue weighted by Crippen LogP contribution is -2.21. The van der Waals surface area contributed by atoms with Gasteiger partial charge in [-0.05, 0) is 31.5 Å². The normalized spacial score (nSPS) is 12.6. The summed E-state index contributed by atoms with van der Waals surface area (Å²) in [6.07, 6.45) is 4.58. The molecule has 0 bridgehead atoms. The summed E-state index contributed by atoms with van der Waals surface area (Å²) in [4.78, 5) is 0. The van der Waals surface area contributed by atoms with Crippen molar-refractivity contribution in [1.82, 2.24) is 20.3 Å². The number of hydrogen-bond acceptors (Lipinski definition) is 3. The van der Waals surface area contributed by atoms with Gasteiger partial charge in [-0.15, -0.1) is 5.10 Å². The Hall–Kier alpha value is -1.39. The summed E-state index contributed by atoms with van der Waals surface area (Å²) in [7, 11) is 0. The lowest BCUT2D eigenvalue weighted by molar-refractivity contribution is 0.499. The van der Waals surface area contributed by atoms with Crippen molar-refractivity contribution in [1.29, 1.82) is 0 Å². The zero-order valence-corrected chi connectivity index (χ0v) is 11.1. The molecule has 4 nitrogen and oxygen atoms in total. The number of nitrogens with zero attached hydrogens (tertiary/aromatic N) is 3. The first-order valence-electron chi connectivity index (χ1n) is 6.09. The average molecular weight is 265 g/mol. The Bertz CT molecular complexity index is 470. The van der Waals surface area contributed by atoms with Gasteiger partial charge in [-0.2, -0.15) is 0 Å². The van der Waals surface area contributed by atoms with Crippen LogP contribution in [-0.4, -0.2) is 21.5 Å². The monoisotopic (exact) mass is 264 g/mol. The van der Waals surface area contributed by atoms with Crippen LogP contribution in [0.1, 0.15) is 24.9 Å². The Morgan fingerprint density at radius 3 is 2.94 bits per heavy atom. The van der Waals surface area contributed by atoms with Crippen molar-refractivity contribution in [3.05, 3.63) is 47.2 Å². The van der Waals surface area contributed by atoms with E-state index < -0.39 is 0 Å². The van der Waals surface area contributed by atoms with Gasteiger partial charge in [-0.25, -0.2) is 0 Å². The summed E-state index contributed by atoms with van der Waals surface area (Å²) >= 11 is 6.15. The van der Waals surface area contributed by atoms with Crippen LogP contribution in [0.15, 0.2) is 36.7 Å². The molecule has 1 atom stereocenters. The number of hydrogen-bond donors (Lipinski definition) is 1. The van der Waals surface area contributed by atoms with Crippen LogP contribution in [0.4, 0.5) is 0 Å². The van der Waals surface area contributed by atoms with Crippen molar-refractivity contribution < 1.29 is 0 Å². The molecule has 0 aliphatic rings. The van der Waals surface area contributed by atoms with E-state index in [1.165, 1.54) is 0 Å². The summed E-state index contributed by atoms with van der Waals surface area (Å²) in [5.74, 6) is 0. The first-order chi connectivity index (χ1) is 8.77. The molecule has 18 heavy (non-hydrogen) atoms. The van der Waals surface area contributed by atoms with E-state index in [2.05, 4.69) is 28.6 Å². The van der Waals surface area contributed by atoms with Crippen molar-refractivity contribution in [3.63, 3.8) is 0 Å². The van der Waals surface area contributed by atoms with Gasteiger partial charge < -0.3 is 5.32 Å². The maximum Gasteiger partial charge on any atom is 0.0692 e. The van der Waals surface area contributed by atoms with Crippen LogP contribution < -0.4 is 5.32 Å². The van der Waals surface area contributed by atoms with Crippen molar-refractivity contribution in [2.45, 2.75) is 25.9 Å². The molecule has 5 heteroatoms. The topological polar surface area (TPSA) is 42.7 Å². The molecule has 0 aliphatic heterocycles. The standard InChI is InChI=1S/C13H17ClN4/c1-11(12-5-2-3-6-13(12)14)15-7-4-9-18-10-8-16-17-18/h2-3,5-6,8,10-11,15H,4,7,9H2,1H3. The van der Waals surface area contributed by atoms with E-state index in [1.807, 2.05) is 29.1 Å². The number of aryl methyl sites for hydroxylation is 1. The fourth-order valence-corrected chi connectivity index (χ4v) is 2.15. The molecule has 0 aliphatic carbocycles. The van der Waals surface area contributed by atoms with Crippen LogP contribution in [0.2, 0.25) is 5.02 Å². The fourth-order valence-electron chi connectivity index (χ4n) is 1.85. The highest BCUT2D eigenvalue weighted by Gasteiger charge is 2.07. The second-order valence-electron chi connectivity index (χ2n) is 4.22. The summed E-state index contributed by atoms with van der Waals surface area (Å²) in [6.45, 7) is 3.92. The third-order valence-corrected chi connectivity index (χ3v) is 3.20. The second-order valence-corrected chi connectivity index (χ2v) is 4.62. The Kier molecular flexibility index (Phi) is 4.73. The van der Waals surface area contributed by atoms with Gasteiger partial charge in [0.1, 0.15) is 0 Å². The molecule has 1 heterocycles. The molecule has 96 valence electrons. The molecular weight excluding hydrogens is 248 g/mol. The third-order valence-electron chi connectivity index (χ3n) is 2.86. The van der Waals surface area contributed by atoms with Gasteiger partial charge in [0.15, 0.2) is 0 Å². The van der Waals surface area contributed by atoms with E-state index >= 15 is 0 Å². The molecule has 1 unspecified atom stereocenters. The number of benzene rings is 1. The summed E-state index contributed by atoms with van der Waals surface area (Å²) < 4.78 is 1.84. The van der Waals surface area contributed by atoms with E-state index in [0.29, 0.717) is 0 Å². The second kappa shape index (κ2) is 6.52. The summed E-state index contributed by atoms with van der Waals surface area (Å²) in [5, 5.41) is 12.0. The first-order valence-corrected chi connectivity index (χ1v) is 6.47. The number of rotatable bonds is 6. The van der Waals surface area contributed by atoms with Crippen LogP contribution in [0, 0.1) is 0 Å². The molecule has 0 saturated heterocycles. The van der Waals surface area contributed by atoms with Crippen LogP contribution >= 0.6 is 11.6 Å². The highest BCUT2D eigenvalue weighted by molar-refractivity contribution is 6.31. The van der Waals surface area contributed by atoms with Crippen LogP contribution in [0.5, 0.6) is 0 Å². The maximum absolute atomic E-state index is 6.15. The van der Waals surface area contributed by atoms with Gasteiger partial charge in [-0.1, -0.05) is 35.0 Å². The smallest absolute Gasteiger partial charge is 0.0692 e. The molecule has 1 N–H and O–H groups in total. The zero-order chi connectivity index (χ0) is 12.8. The first kappa shape index (κ1) is 13.1. The Morgan fingerprint density at radius 1 is 1.39 bits per heavy atom. The van der Waals surface area contributed by atoms with Crippen molar-refractivity contribution in [3.8, 4) is 0 Å². The average Bonchev–Trinajstić information content (AvgIpc) is 2.88. The minimum atomic E-state index is 0.259. The Labute approximate surface area is 112 Å². The molecule has 1 aromatic carbocycles. The van der Waals surface area contributed by atoms with Gasteiger partial charge in [-0.3, -0.25) is 4.68 Å². The molecule has 0 amide bonds. The number of halogens is 1. The highest BCUT2D eigenvalue weighted by atomic mass is 35.5. The number of aromatic nitrogens is 3. The van der Waals surface area contributed by atoms with E-state index in [1.54, 1.807) is 6.20 Å². The van der Waals surface area contributed by atoms with Gasteiger partial charge in [0, 0.05) is 23.8 Å². The van der Waals surface area contributed by atoms with Gasteiger partial charge in [0.05, 0.1) is 6.20 Å². The Morgan fingerprint density at radius 2 is 2.22 bits per heavy atom. The van der Waals surface area contributed by atoms with Gasteiger partial charge >= 0.3 is 0 Å². The fraction of sp³-hybridized carbons (Fsp3) is 0.385. The predicted octanol–water partition coefficient (Wildman–Crippen LogP) is 2.67. The quantitative estimate of drug-likeness (QED) is 0.816. The van der Waals surface area contributed by atoms with Gasteiger partial charge in [0.2, 0.25) is 0 Å². The molecule has 0 spiro atoms. The molecule has 0 fully saturated rings. The van der Waals surface area contributed by atoms with Crippen molar-refractivity contribution in [2.75, 3.05) is 6.54 Å². The molecule has 0 radical (unpaired) electrons. The predicted molar refractivity (Wildman–Crippen MR) is 72.5 cm³/mol.